The minimum absolute atomic E-state index is 0.497. The lowest BCUT2D eigenvalue weighted by atomic mass is 9.47. The monoisotopic (exact) mass is 398 g/mol. The second-order valence-electron chi connectivity index (χ2n) is 13.6. The smallest absolute Gasteiger partial charge is 0.00853 e. The van der Waals surface area contributed by atoms with Crippen molar-refractivity contribution in [1.29, 1.82) is 0 Å². The third kappa shape index (κ3) is 3.78. The lowest BCUT2D eigenvalue weighted by Crippen LogP contribution is -2.50. The molecule has 29 heavy (non-hydrogen) atoms. The summed E-state index contributed by atoms with van der Waals surface area (Å²) >= 11 is 0. The summed E-state index contributed by atoms with van der Waals surface area (Å²) in [6.45, 7) is 17.9. The van der Waals surface area contributed by atoms with Gasteiger partial charge >= 0.3 is 0 Å². The van der Waals surface area contributed by atoms with Crippen molar-refractivity contribution in [3.63, 3.8) is 0 Å². The molecule has 0 saturated heterocycles. The van der Waals surface area contributed by atoms with Crippen LogP contribution in [0.15, 0.2) is 11.6 Å². The topological polar surface area (TPSA) is 0 Å². The SMILES string of the molecule is CC(C)CC(C)(C)CC(C)C1CCC2C3CC=C4CCCCC4(C)C3CCC12C. The average molecular weight is 399 g/mol. The van der Waals surface area contributed by atoms with Crippen LogP contribution in [0, 0.1) is 51.8 Å². The molecule has 4 rings (SSSR count). The van der Waals surface area contributed by atoms with Gasteiger partial charge in [-0.2, -0.15) is 0 Å². The van der Waals surface area contributed by atoms with Crippen LogP contribution in [0.2, 0.25) is 0 Å². The Kier molecular flexibility index (Phi) is 5.83. The van der Waals surface area contributed by atoms with Gasteiger partial charge in [-0.15, -0.1) is 0 Å². The van der Waals surface area contributed by atoms with Gasteiger partial charge in [-0.25, -0.2) is 0 Å². The third-order valence-corrected chi connectivity index (χ3v) is 10.6. The van der Waals surface area contributed by atoms with Crippen molar-refractivity contribution in [2.45, 2.75) is 119 Å². The van der Waals surface area contributed by atoms with Crippen LogP contribution in [0.4, 0.5) is 0 Å². The number of fused-ring (bicyclic) bond motifs is 5. The first-order chi connectivity index (χ1) is 13.6. The Morgan fingerprint density at radius 3 is 2.45 bits per heavy atom. The fraction of sp³-hybridized carbons (Fsp3) is 0.931. The molecule has 0 amide bonds. The van der Waals surface area contributed by atoms with Crippen LogP contribution in [0.1, 0.15) is 119 Å². The summed E-state index contributed by atoms with van der Waals surface area (Å²) in [6.07, 6.45) is 18.8. The van der Waals surface area contributed by atoms with Gasteiger partial charge in [0.2, 0.25) is 0 Å². The van der Waals surface area contributed by atoms with Gasteiger partial charge in [-0.05, 0) is 116 Å². The van der Waals surface area contributed by atoms with Gasteiger partial charge in [0.05, 0.1) is 0 Å². The summed E-state index contributed by atoms with van der Waals surface area (Å²) in [5, 5.41) is 0. The molecule has 0 aliphatic heterocycles. The van der Waals surface area contributed by atoms with Crippen LogP contribution in [-0.2, 0) is 0 Å². The first kappa shape index (κ1) is 22.0. The van der Waals surface area contributed by atoms with Crippen molar-refractivity contribution in [1.82, 2.24) is 0 Å². The second kappa shape index (κ2) is 7.70. The maximum atomic E-state index is 2.74. The molecule has 0 aromatic heterocycles. The molecule has 0 radical (unpaired) electrons. The van der Waals surface area contributed by atoms with Crippen LogP contribution in [0.3, 0.4) is 0 Å². The lowest BCUT2D eigenvalue weighted by molar-refractivity contribution is -0.0525. The van der Waals surface area contributed by atoms with E-state index in [4.69, 9.17) is 0 Å². The van der Waals surface area contributed by atoms with Crippen molar-refractivity contribution in [2.24, 2.45) is 51.8 Å². The molecule has 7 unspecified atom stereocenters. The Morgan fingerprint density at radius 2 is 1.72 bits per heavy atom. The minimum Gasteiger partial charge on any atom is -0.0845 e. The van der Waals surface area contributed by atoms with E-state index in [1.165, 1.54) is 70.6 Å². The van der Waals surface area contributed by atoms with Gasteiger partial charge in [0.1, 0.15) is 0 Å². The molecule has 0 aromatic carbocycles. The molecular weight excluding hydrogens is 348 g/mol. The molecule has 4 aliphatic carbocycles. The van der Waals surface area contributed by atoms with Crippen molar-refractivity contribution >= 4 is 0 Å². The van der Waals surface area contributed by atoms with Gasteiger partial charge in [0.25, 0.3) is 0 Å². The maximum Gasteiger partial charge on any atom is -0.00853 e. The maximum absolute atomic E-state index is 2.74. The number of hydrogen-bond acceptors (Lipinski definition) is 0. The van der Waals surface area contributed by atoms with E-state index >= 15 is 0 Å². The molecule has 0 heteroatoms. The van der Waals surface area contributed by atoms with Gasteiger partial charge in [0.15, 0.2) is 0 Å². The lowest BCUT2D eigenvalue weighted by Gasteiger charge is -2.58. The molecule has 0 heterocycles. The summed E-state index contributed by atoms with van der Waals surface area (Å²) in [4.78, 5) is 0. The highest BCUT2D eigenvalue weighted by molar-refractivity contribution is 5.24. The van der Waals surface area contributed by atoms with Crippen molar-refractivity contribution < 1.29 is 0 Å². The summed E-state index contributed by atoms with van der Waals surface area (Å²) in [5.41, 5.74) is 3.54. The Hall–Kier alpha value is -0.260. The average Bonchev–Trinajstić information content (AvgIpc) is 2.97. The van der Waals surface area contributed by atoms with E-state index in [-0.39, 0.29) is 0 Å². The van der Waals surface area contributed by atoms with Crippen molar-refractivity contribution in [3.8, 4) is 0 Å². The molecule has 3 saturated carbocycles. The second-order valence-corrected chi connectivity index (χ2v) is 13.6. The normalized spacial score (nSPS) is 43.4. The first-order valence-electron chi connectivity index (χ1n) is 13.3. The van der Waals surface area contributed by atoms with Crippen molar-refractivity contribution in [2.75, 3.05) is 0 Å². The van der Waals surface area contributed by atoms with Gasteiger partial charge in [-0.1, -0.05) is 66.5 Å². The van der Waals surface area contributed by atoms with Gasteiger partial charge in [-0.3, -0.25) is 0 Å². The van der Waals surface area contributed by atoms with E-state index in [2.05, 4.69) is 54.5 Å². The van der Waals surface area contributed by atoms with E-state index in [9.17, 15) is 0 Å². The zero-order chi connectivity index (χ0) is 21.0. The first-order valence-corrected chi connectivity index (χ1v) is 13.3. The molecule has 0 spiro atoms. The summed E-state index contributed by atoms with van der Waals surface area (Å²) < 4.78 is 0. The molecule has 3 fully saturated rings. The highest BCUT2D eigenvalue weighted by Gasteiger charge is 2.58. The van der Waals surface area contributed by atoms with Gasteiger partial charge in [0, 0.05) is 0 Å². The van der Waals surface area contributed by atoms with Crippen molar-refractivity contribution in [3.05, 3.63) is 11.6 Å². The highest BCUT2D eigenvalue weighted by atomic mass is 14.6. The quantitative estimate of drug-likeness (QED) is 0.405. The molecular formula is C29H50. The zero-order valence-electron chi connectivity index (χ0n) is 20.8. The fourth-order valence-corrected chi connectivity index (χ4v) is 9.88. The van der Waals surface area contributed by atoms with Crippen LogP contribution in [0.25, 0.3) is 0 Å². The Labute approximate surface area is 182 Å². The molecule has 0 aromatic rings. The number of hydrogen-bond donors (Lipinski definition) is 0. The third-order valence-electron chi connectivity index (χ3n) is 10.6. The molecule has 4 aliphatic rings. The van der Waals surface area contributed by atoms with E-state index in [0.717, 1.165) is 35.5 Å². The standard InChI is InChI=1S/C29H50/c1-20(2)18-27(4,5)19-21(3)24-13-14-25-23-12-11-22-10-8-9-16-28(22,6)26(23)15-17-29(24,25)7/h11,20-21,23-26H,8-10,12-19H2,1-7H3. The molecule has 166 valence electrons. The largest absolute Gasteiger partial charge is 0.0845 e. The van der Waals surface area contributed by atoms with E-state index in [1.54, 1.807) is 0 Å². The van der Waals surface area contributed by atoms with Crippen LogP contribution < -0.4 is 0 Å². The fourth-order valence-electron chi connectivity index (χ4n) is 9.88. The number of rotatable bonds is 5. The summed E-state index contributed by atoms with van der Waals surface area (Å²) in [7, 11) is 0. The highest BCUT2D eigenvalue weighted by Crippen LogP contribution is 2.67. The van der Waals surface area contributed by atoms with Crippen LogP contribution in [0.5, 0.6) is 0 Å². The summed E-state index contributed by atoms with van der Waals surface area (Å²) in [5.74, 6) is 5.64. The predicted octanol–water partition coefficient (Wildman–Crippen LogP) is 9.05. The zero-order valence-corrected chi connectivity index (χ0v) is 20.8. The van der Waals surface area contributed by atoms with E-state index in [1.807, 2.05) is 5.57 Å². The minimum atomic E-state index is 0.497. The van der Waals surface area contributed by atoms with Crippen LogP contribution >= 0.6 is 0 Å². The molecule has 0 nitrogen and oxygen atoms in total. The van der Waals surface area contributed by atoms with E-state index < -0.39 is 0 Å². The molecule has 7 atom stereocenters. The Bertz CT molecular complexity index is 624. The Morgan fingerprint density at radius 1 is 0.966 bits per heavy atom. The number of allylic oxidation sites excluding steroid dienone is 2. The molecule has 0 bridgehead atoms. The summed E-state index contributed by atoms with van der Waals surface area (Å²) in [6, 6.07) is 0. The predicted molar refractivity (Wildman–Crippen MR) is 127 cm³/mol. The van der Waals surface area contributed by atoms with E-state index in [0.29, 0.717) is 16.2 Å². The Balaban J connectivity index is 1.51. The molecule has 0 N–H and O–H groups in total. The van der Waals surface area contributed by atoms with Crippen LogP contribution in [-0.4, -0.2) is 0 Å². The van der Waals surface area contributed by atoms with Gasteiger partial charge < -0.3 is 0 Å².